The molecular weight excluding hydrogens is 398 g/mol. The van der Waals surface area contributed by atoms with E-state index >= 15 is 0 Å². The van der Waals surface area contributed by atoms with Gasteiger partial charge >= 0.3 is 0 Å². The largest absolute Gasteiger partial charge is 0.507 e. The van der Waals surface area contributed by atoms with Crippen LogP contribution in [0, 0.1) is 13.8 Å². The first-order valence-corrected chi connectivity index (χ1v) is 10.5. The van der Waals surface area contributed by atoms with E-state index in [1.165, 1.54) is 4.90 Å². The summed E-state index contributed by atoms with van der Waals surface area (Å²) in [5.74, 6) is 0.212. The topological polar surface area (TPSA) is 89.2 Å². The SMILES string of the molecule is CCCOc1ccc(/C(O)=C2/C(=O)C(=O)N(CCCOC)C2c2ccc(C)o2)cc1C. The molecule has 1 saturated heterocycles. The summed E-state index contributed by atoms with van der Waals surface area (Å²) in [6.45, 7) is 7.04. The van der Waals surface area contributed by atoms with E-state index in [4.69, 9.17) is 13.9 Å². The zero-order chi connectivity index (χ0) is 22.5. The normalized spacial score (nSPS) is 18.1. The minimum Gasteiger partial charge on any atom is -0.507 e. The van der Waals surface area contributed by atoms with Crippen LogP contribution in [-0.2, 0) is 14.3 Å². The number of carbonyl (C=O) groups excluding carboxylic acids is 2. The summed E-state index contributed by atoms with van der Waals surface area (Å²) < 4.78 is 16.5. The Bertz CT molecular complexity index is 990. The van der Waals surface area contributed by atoms with Crippen LogP contribution >= 0.6 is 0 Å². The van der Waals surface area contributed by atoms with Crippen LogP contribution in [0.5, 0.6) is 5.75 Å². The Kier molecular flexibility index (Phi) is 7.17. The minimum atomic E-state index is -0.790. The fourth-order valence-electron chi connectivity index (χ4n) is 3.71. The number of Topliss-reactive ketones (excluding diaryl/α,β-unsaturated/α-hetero) is 1. The van der Waals surface area contributed by atoms with Crippen molar-refractivity contribution in [3.8, 4) is 5.75 Å². The number of aryl methyl sites for hydroxylation is 2. The maximum Gasteiger partial charge on any atom is 0.295 e. The fraction of sp³-hybridized carbons (Fsp3) is 0.417. The number of hydrogen-bond acceptors (Lipinski definition) is 6. The third-order valence-corrected chi connectivity index (χ3v) is 5.23. The number of benzene rings is 1. The Morgan fingerprint density at radius 3 is 2.55 bits per heavy atom. The summed E-state index contributed by atoms with van der Waals surface area (Å²) in [6, 6.07) is 7.92. The maximum atomic E-state index is 12.9. The van der Waals surface area contributed by atoms with E-state index in [-0.39, 0.29) is 11.3 Å². The van der Waals surface area contributed by atoms with Gasteiger partial charge < -0.3 is 23.9 Å². The zero-order valence-corrected chi connectivity index (χ0v) is 18.4. The van der Waals surface area contributed by atoms with Crippen molar-refractivity contribution < 1.29 is 28.6 Å². The average molecular weight is 427 g/mol. The third kappa shape index (κ3) is 4.66. The molecule has 7 heteroatoms. The molecule has 1 unspecified atom stereocenters. The Morgan fingerprint density at radius 1 is 1.16 bits per heavy atom. The van der Waals surface area contributed by atoms with Crippen molar-refractivity contribution in [2.75, 3.05) is 26.9 Å². The van der Waals surface area contributed by atoms with Crippen LogP contribution in [0.4, 0.5) is 0 Å². The number of nitrogens with zero attached hydrogens (tertiary/aromatic N) is 1. The highest BCUT2D eigenvalue weighted by atomic mass is 16.5. The van der Waals surface area contributed by atoms with Crippen LogP contribution in [0.3, 0.4) is 0 Å². The van der Waals surface area contributed by atoms with Crippen molar-refractivity contribution in [1.82, 2.24) is 4.90 Å². The number of hydrogen-bond donors (Lipinski definition) is 1. The number of amides is 1. The predicted octanol–water partition coefficient (Wildman–Crippen LogP) is 4.14. The molecule has 1 aromatic carbocycles. The van der Waals surface area contributed by atoms with Crippen molar-refractivity contribution >= 4 is 17.4 Å². The Hall–Kier alpha value is -3.06. The second-order valence-electron chi connectivity index (χ2n) is 7.62. The molecule has 1 aromatic heterocycles. The molecule has 3 rings (SSSR count). The number of furan rings is 1. The summed E-state index contributed by atoms with van der Waals surface area (Å²) in [4.78, 5) is 27.2. The van der Waals surface area contributed by atoms with Gasteiger partial charge in [0.2, 0.25) is 0 Å². The number of likely N-dealkylation sites (tertiary alicyclic amines) is 1. The molecule has 2 heterocycles. The number of ketones is 1. The number of methoxy groups -OCH3 is 1. The Morgan fingerprint density at radius 2 is 1.94 bits per heavy atom. The number of ether oxygens (including phenoxy) is 2. The lowest BCUT2D eigenvalue weighted by atomic mass is 9.98. The van der Waals surface area contributed by atoms with Crippen LogP contribution < -0.4 is 4.74 Å². The highest BCUT2D eigenvalue weighted by Crippen LogP contribution is 2.40. The molecular formula is C24H29NO6. The summed E-state index contributed by atoms with van der Waals surface area (Å²) in [6.07, 6.45) is 1.44. The van der Waals surface area contributed by atoms with E-state index in [1.807, 2.05) is 13.8 Å². The van der Waals surface area contributed by atoms with Gasteiger partial charge in [0.05, 0.1) is 12.2 Å². The number of aliphatic hydroxyl groups excluding tert-OH is 1. The van der Waals surface area contributed by atoms with Crippen molar-refractivity contribution in [3.05, 3.63) is 58.6 Å². The lowest BCUT2D eigenvalue weighted by Gasteiger charge is -2.23. The Balaban J connectivity index is 2.04. The first kappa shape index (κ1) is 22.6. The van der Waals surface area contributed by atoms with Crippen LogP contribution in [0.25, 0.3) is 5.76 Å². The summed E-state index contributed by atoms with van der Waals surface area (Å²) in [5.41, 5.74) is 1.31. The summed E-state index contributed by atoms with van der Waals surface area (Å²) in [5, 5.41) is 11.1. The molecule has 31 heavy (non-hydrogen) atoms. The van der Waals surface area contributed by atoms with E-state index in [0.717, 1.165) is 17.7 Å². The molecule has 1 atom stereocenters. The maximum absolute atomic E-state index is 12.9. The lowest BCUT2D eigenvalue weighted by Crippen LogP contribution is -2.31. The van der Waals surface area contributed by atoms with Crippen LogP contribution in [0.2, 0.25) is 0 Å². The molecule has 2 aromatic rings. The minimum absolute atomic E-state index is 0.0263. The molecule has 1 aliphatic heterocycles. The van der Waals surface area contributed by atoms with Gasteiger partial charge in [-0.1, -0.05) is 6.92 Å². The smallest absolute Gasteiger partial charge is 0.295 e. The van der Waals surface area contributed by atoms with E-state index in [0.29, 0.717) is 43.3 Å². The van der Waals surface area contributed by atoms with Crippen LogP contribution in [0.15, 0.2) is 40.3 Å². The summed E-state index contributed by atoms with van der Waals surface area (Å²) >= 11 is 0. The van der Waals surface area contributed by atoms with Gasteiger partial charge in [-0.05, 0) is 62.6 Å². The highest BCUT2D eigenvalue weighted by Gasteiger charge is 2.47. The average Bonchev–Trinajstić information content (AvgIpc) is 3.28. The molecule has 166 valence electrons. The number of aliphatic hydroxyl groups is 1. The highest BCUT2D eigenvalue weighted by molar-refractivity contribution is 6.46. The molecule has 0 radical (unpaired) electrons. The Labute approximate surface area is 182 Å². The van der Waals surface area contributed by atoms with Gasteiger partial charge in [-0.3, -0.25) is 9.59 Å². The van der Waals surface area contributed by atoms with Gasteiger partial charge in [0.25, 0.3) is 11.7 Å². The molecule has 1 fully saturated rings. The molecule has 1 N–H and O–H groups in total. The summed E-state index contributed by atoms with van der Waals surface area (Å²) in [7, 11) is 1.58. The van der Waals surface area contributed by atoms with E-state index in [1.54, 1.807) is 44.4 Å². The van der Waals surface area contributed by atoms with Gasteiger partial charge in [-0.2, -0.15) is 0 Å². The molecule has 0 aliphatic carbocycles. The molecule has 0 bridgehead atoms. The molecule has 1 aliphatic rings. The van der Waals surface area contributed by atoms with Gasteiger partial charge in [-0.25, -0.2) is 0 Å². The fourth-order valence-corrected chi connectivity index (χ4v) is 3.71. The number of rotatable bonds is 9. The van der Waals surface area contributed by atoms with Gasteiger partial charge in [0, 0.05) is 25.8 Å². The van der Waals surface area contributed by atoms with Gasteiger partial charge in [0.15, 0.2) is 0 Å². The second-order valence-corrected chi connectivity index (χ2v) is 7.62. The first-order valence-electron chi connectivity index (χ1n) is 10.5. The first-order chi connectivity index (χ1) is 14.9. The number of carbonyl (C=O) groups is 2. The van der Waals surface area contributed by atoms with E-state index < -0.39 is 17.7 Å². The third-order valence-electron chi connectivity index (χ3n) is 5.23. The molecule has 0 saturated carbocycles. The quantitative estimate of drug-likeness (QED) is 0.280. The monoisotopic (exact) mass is 427 g/mol. The van der Waals surface area contributed by atoms with Crippen molar-refractivity contribution in [3.63, 3.8) is 0 Å². The lowest BCUT2D eigenvalue weighted by molar-refractivity contribution is -0.140. The van der Waals surface area contributed by atoms with Crippen LogP contribution in [-0.4, -0.2) is 48.6 Å². The standard InChI is InChI=1S/C24H29NO6/c1-5-12-30-18-10-8-17(14-15(18)2)22(26)20-21(19-9-7-16(3)31-19)25(11-6-13-29-4)24(28)23(20)27/h7-10,14,21,26H,5-6,11-13H2,1-4H3/b22-20-. The van der Waals surface area contributed by atoms with Gasteiger partial charge in [-0.15, -0.1) is 0 Å². The van der Waals surface area contributed by atoms with Crippen molar-refractivity contribution in [1.29, 1.82) is 0 Å². The molecule has 7 nitrogen and oxygen atoms in total. The van der Waals surface area contributed by atoms with E-state index in [9.17, 15) is 14.7 Å². The van der Waals surface area contributed by atoms with Crippen molar-refractivity contribution in [2.24, 2.45) is 0 Å². The second kappa shape index (κ2) is 9.83. The molecule has 0 spiro atoms. The molecule has 1 amide bonds. The zero-order valence-electron chi connectivity index (χ0n) is 18.4. The van der Waals surface area contributed by atoms with Crippen molar-refractivity contribution in [2.45, 2.75) is 39.7 Å². The van der Waals surface area contributed by atoms with Crippen LogP contribution in [0.1, 0.15) is 48.5 Å². The predicted molar refractivity (Wildman–Crippen MR) is 116 cm³/mol. The van der Waals surface area contributed by atoms with Gasteiger partial charge in [0.1, 0.15) is 29.1 Å². The van der Waals surface area contributed by atoms with E-state index in [2.05, 4.69) is 0 Å².